The zero-order chi connectivity index (χ0) is 19.5. The molecule has 0 saturated carbocycles. The van der Waals surface area contributed by atoms with Gasteiger partial charge in [-0.2, -0.15) is 0 Å². The highest BCUT2D eigenvalue weighted by Gasteiger charge is 2.17. The average molecular weight is 398 g/mol. The maximum Gasteiger partial charge on any atom is 0.244 e. The van der Waals surface area contributed by atoms with Crippen LogP contribution in [-0.4, -0.2) is 36.8 Å². The number of benzene rings is 2. The number of para-hydroxylation sites is 1. The molecule has 6 nitrogen and oxygen atoms in total. The SMILES string of the molecule is O=C(Cn1ccc(=O)c2ccccc21)Nc1cc(Cl)ccc1N1CCOCC1. The van der Waals surface area contributed by atoms with Gasteiger partial charge in [0.05, 0.1) is 30.1 Å². The summed E-state index contributed by atoms with van der Waals surface area (Å²) in [6.45, 7) is 2.92. The van der Waals surface area contributed by atoms with E-state index in [4.69, 9.17) is 16.3 Å². The van der Waals surface area contributed by atoms with Crippen LogP contribution in [0, 0.1) is 0 Å². The summed E-state index contributed by atoms with van der Waals surface area (Å²) in [4.78, 5) is 27.0. The molecule has 1 aliphatic heterocycles. The van der Waals surface area contributed by atoms with E-state index in [0.717, 1.165) is 24.3 Å². The van der Waals surface area contributed by atoms with Crippen LogP contribution in [0.5, 0.6) is 0 Å². The molecule has 0 atom stereocenters. The third kappa shape index (κ3) is 3.88. The van der Waals surface area contributed by atoms with E-state index in [1.165, 1.54) is 6.07 Å². The summed E-state index contributed by atoms with van der Waals surface area (Å²) < 4.78 is 7.18. The number of carbonyl (C=O) groups is 1. The number of pyridine rings is 1. The van der Waals surface area contributed by atoms with Crippen LogP contribution < -0.4 is 15.6 Å². The van der Waals surface area contributed by atoms with Gasteiger partial charge < -0.3 is 19.5 Å². The molecular formula is C21H20ClN3O3. The minimum Gasteiger partial charge on any atom is -0.378 e. The van der Waals surface area contributed by atoms with Crippen LogP contribution in [0.25, 0.3) is 10.9 Å². The first kappa shape index (κ1) is 18.5. The van der Waals surface area contributed by atoms with Gasteiger partial charge in [-0.25, -0.2) is 0 Å². The number of aromatic nitrogens is 1. The van der Waals surface area contributed by atoms with Crippen molar-refractivity contribution in [1.29, 1.82) is 0 Å². The van der Waals surface area contributed by atoms with E-state index >= 15 is 0 Å². The number of carbonyl (C=O) groups excluding carboxylic acids is 1. The van der Waals surface area contributed by atoms with Gasteiger partial charge in [-0.15, -0.1) is 0 Å². The van der Waals surface area contributed by atoms with Crippen molar-refractivity contribution < 1.29 is 9.53 Å². The van der Waals surface area contributed by atoms with Gasteiger partial charge in [-0.05, 0) is 30.3 Å². The Hall–Kier alpha value is -2.83. The van der Waals surface area contributed by atoms with Crippen molar-refractivity contribution in [2.45, 2.75) is 6.54 Å². The predicted molar refractivity (Wildman–Crippen MR) is 111 cm³/mol. The molecule has 144 valence electrons. The van der Waals surface area contributed by atoms with Crippen LogP contribution in [0.2, 0.25) is 5.02 Å². The minimum absolute atomic E-state index is 0.0586. The molecular weight excluding hydrogens is 378 g/mol. The number of morpholine rings is 1. The number of ether oxygens (including phenoxy) is 1. The van der Waals surface area contributed by atoms with E-state index in [-0.39, 0.29) is 17.9 Å². The summed E-state index contributed by atoms with van der Waals surface area (Å²) in [6, 6.07) is 14.2. The van der Waals surface area contributed by atoms with Crippen LogP contribution in [-0.2, 0) is 16.1 Å². The number of amides is 1. The maximum absolute atomic E-state index is 12.8. The summed E-state index contributed by atoms with van der Waals surface area (Å²) in [5.41, 5.74) is 2.26. The highest BCUT2D eigenvalue weighted by Crippen LogP contribution is 2.30. The van der Waals surface area contributed by atoms with Gasteiger partial charge in [0, 0.05) is 35.8 Å². The first-order valence-corrected chi connectivity index (χ1v) is 9.50. The first-order chi connectivity index (χ1) is 13.6. The zero-order valence-corrected chi connectivity index (χ0v) is 16.0. The van der Waals surface area contributed by atoms with E-state index in [1.54, 1.807) is 22.9 Å². The Morgan fingerprint density at radius 3 is 2.71 bits per heavy atom. The van der Waals surface area contributed by atoms with Crippen molar-refractivity contribution in [1.82, 2.24) is 4.57 Å². The van der Waals surface area contributed by atoms with Crippen molar-refractivity contribution in [3.05, 3.63) is 70.0 Å². The molecule has 1 N–H and O–H groups in total. The minimum atomic E-state index is -0.189. The highest BCUT2D eigenvalue weighted by atomic mass is 35.5. The topological polar surface area (TPSA) is 63.6 Å². The number of rotatable bonds is 4. The lowest BCUT2D eigenvalue weighted by Gasteiger charge is -2.30. The quantitative estimate of drug-likeness (QED) is 0.734. The zero-order valence-electron chi connectivity index (χ0n) is 15.2. The number of halogens is 1. The largest absolute Gasteiger partial charge is 0.378 e. The molecule has 1 aromatic heterocycles. The lowest BCUT2D eigenvalue weighted by molar-refractivity contribution is -0.116. The molecule has 3 aromatic rings. The van der Waals surface area contributed by atoms with Crippen LogP contribution in [0.4, 0.5) is 11.4 Å². The van der Waals surface area contributed by atoms with Gasteiger partial charge in [0.25, 0.3) is 0 Å². The smallest absolute Gasteiger partial charge is 0.244 e. The lowest BCUT2D eigenvalue weighted by atomic mass is 10.2. The summed E-state index contributed by atoms with van der Waals surface area (Å²) >= 11 is 6.16. The van der Waals surface area contributed by atoms with Crippen molar-refractivity contribution in [2.24, 2.45) is 0 Å². The van der Waals surface area contributed by atoms with Crippen molar-refractivity contribution >= 4 is 39.8 Å². The molecule has 28 heavy (non-hydrogen) atoms. The second-order valence-corrected chi connectivity index (χ2v) is 7.07. The fourth-order valence-corrected chi connectivity index (χ4v) is 3.60. The van der Waals surface area contributed by atoms with Crippen LogP contribution in [0.3, 0.4) is 0 Å². The predicted octanol–water partition coefficient (Wildman–Crippen LogP) is 3.13. The summed E-state index contributed by atoms with van der Waals surface area (Å²) in [5.74, 6) is -0.189. The molecule has 1 fully saturated rings. The number of nitrogens with one attached hydrogen (secondary N) is 1. The number of fused-ring (bicyclic) bond motifs is 1. The Balaban J connectivity index is 1.59. The third-order valence-electron chi connectivity index (χ3n) is 4.78. The average Bonchev–Trinajstić information content (AvgIpc) is 2.71. The van der Waals surface area contributed by atoms with Crippen LogP contribution >= 0.6 is 11.6 Å². The molecule has 1 amide bonds. The van der Waals surface area contributed by atoms with Gasteiger partial charge in [-0.3, -0.25) is 9.59 Å². The molecule has 1 aliphatic rings. The van der Waals surface area contributed by atoms with Gasteiger partial charge in [0.1, 0.15) is 6.54 Å². The van der Waals surface area contributed by atoms with Crippen LogP contribution in [0.15, 0.2) is 59.5 Å². The summed E-state index contributed by atoms with van der Waals surface area (Å²) in [6.07, 6.45) is 1.64. The molecule has 0 unspecified atom stereocenters. The Labute approximate surface area is 167 Å². The molecule has 0 spiro atoms. The molecule has 0 bridgehead atoms. The van der Waals surface area contributed by atoms with E-state index in [9.17, 15) is 9.59 Å². The van der Waals surface area contributed by atoms with Gasteiger partial charge in [-0.1, -0.05) is 23.7 Å². The molecule has 0 aliphatic carbocycles. The number of anilines is 2. The Morgan fingerprint density at radius 2 is 1.89 bits per heavy atom. The van der Waals surface area contributed by atoms with E-state index in [0.29, 0.717) is 29.3 Å². The molecule has 4 rings (SSSR count). The van der Waals surface area contributed by atoms with Crippen molar-refractivity contribution in [2.75, 3.05) is 36.5 Å². The number of nitrogens with zero attached hydrogens (tertiary/aromatic N) is 2. The number of hydrogen-bond acceptors (Lipinski definition) is 4. The van der Waals surface area contributed by atoms with Gasteiger partial charge in [0.2, 0.25) is 5.91 Å². The van der Waals surface area contributed by atoms with E-state index in [2.05, 4.69) is 10.2 Å². The summed E-state index contributed by atoms with van der Waals surface area (Å²) in [7, 11) is 0. The molecule has 2 heterocycles. The normalized spacial score (nSPS) is 14.2. The molecule has 7 heteroatoms. The molecule has 1 saturated heterocycles. The van der Waals surface area contributed by atoms with Crippen LogP contribution in [0.1, 0.15) is 0 Å². The lowest BCUT2D eigenvalue weighted by Crippen LogP contribution is -2.36. The fourth-order valence-electron chi connectivity index (χ4n) is 3.43. The first-order valence-electron chi connectivity index (χ1n) is 9.12. The molecule has 0 radical (unpaired) electrons. The van der Waals surface area contributed by atoms with Gasteiger partial charge >= 0.3 is 0 Å². The van der Waals surface area contributed by atoms with E-state index in [1.807, 2.05) is 30.3 Å². The Bertz CT molecular complexity index is 1070. The highest BCUT2D eigenvalue weighted by molar-refractivity contribution is 6.31. The van der Waals surface area contributed by atoms with Gasteiger partial charge in [0.15, 0.2) is 5.43 Å². The third-order valence-corrected chi connectivity index (χ3v) is 5.02. The monoisotopic (exact) mass is 397 g/mol. The fraction of sp³-hybridized carbons (Fsp3) is 0.238. The number of hydrogen-bond donors (Lipinski definition) is 1. The second kappa shape index (κ2) is 8.04. The Morgan fingerprint density at radius 1 is 1.11 bits per heavy atom. The van der Waals surface area contributed by atoms with Crippen molar-refractivity contribution in [3.63, 3.8) is 0 Å². The maximum atomic E-state index is 12.8. The second-order valence-electron chi connectivity index (χ2n) is 6.63. The van der Waals surface area contributed by atoms with E-state index < -0.39 is 0 Å². The standard InChI is InChI=1S/C21H20ClN3O3/c22-15-5-6-19(24-9-11-28-12-10-24)17(13-15)23-21(27)14-25-8-7-20(26)16-3-1-2-4-18(16)25/h1-8,13H,9-12,14H2,(H,23,27). The van der Waals surface area contributed by atoms with Crippen molar-refractivity contribution in [3.8, 4) is 0 Å². The summed E-state index contributed by atoms with van der Waals surface area (Å²) in [5, 5.41) is 4.12. The Kier molecular flexibility index (Phi) is 5.32. The molecule has 2 aromatic carbocycles.